The van der Waals surface area contributed by atoms with Crippen LogP contribution in [0.25, 0.3) is 0 Å². The summed E-state index contributed by atoms with van der Waals surface area (Å²) in [6.45, 7) is 0.527. The molecule has 0 aromatic heterocycles. The van der Waals surface area contributed by atoms with E-state index in [1.165, 1.54) is 19.2 Å². The molecule has 1 aliphatic carbocycles. The van der Waals surface area contributed by atoms with Gasteiger partial charge in [0.15, 0.2) is 0 Å². The average Bonchev–Trinajstić information content (AvgIpc) is 3.09. The molecule has 0 spiro atoms. The molecular formula is C26H28ClFN2O3. The molecule has 5 nitrogen and oxygen atoms in total. The molecule has 0 radical (unpaired) electrons. The molecule has 7 heteroatoms. The molecule has 1 N–H and O–H groups in total. The van der Waals surface area contributed by atoms with Crippen LogP contribution in [-0.4, -0.2) is 36.6 Å². The van der Waals surface area contributed by atoms with Crippen LogP contribution in [-0.2, 0) is 20.7 Å². The fourth-order valence-electron chi connectivity index (χ4n) is 4.71. The highest BCUT2D eigenvalue weighted by atomic mass is 35.5. The Balaban J connectivity index is 1.60. The van der Waals surface area contributed by atoms with Crippen molar-refractivity contribution in [1.29, 1.82) is 0 Å². The highest BCUT2D eigenvalue weighted by Gasteiger charge is 2.40. The van der Waals surface area contributed by atoms with Gasteiger partial charge in [-0.05, 0) is 73.1 Å². The second-order valence-electron chi connectivity index (χ2n) is 8.54. The molecule has 2 aromatic carbocycles. The number of ether oxygens (including phenoxy) is 1. The summed E-state index contributed by atoms with van der Waals surface area (Å²) < 4.78 is 18.9. The van der Waals surface area contributed by atoms with Gasteiger partial charge in [0.05, 0.1) is 13.5 Å². The van der Waals surface area contributed by atoms with Crippen molar-refractivity contribution < 1.29 is 18.7 Å². The first-order valence-corrected chi connectivity index (χ1v) is 11.7. The van der Waals surface area contributed by atoms with Crippen molar-refractivity contribution in [1.82, 2.24) is 10.2 Å². The second kappa shape index (κ2) is 10.5. The predicted molar refractivity (Wildman–Crippen MR) is 125 cm³/mol. The van der Waals surface area contributed by atoms with Crippen molar-refractivity contribution in [3.05, 3.63) is 81.6 Å². The number of esters is 1. The normalized spacial score (nSPS) is 18.9. The summed E-state index contributed by atoms with van der Waals surface area (Å²) in [5, 5.41) is 4.18. The molecule has 0 bridgehead atoms. The molecule has 1 heterocycles. The van der Waals surface area contributed by atoms with Gasteiger partial charge in [0.1, 0.15) is 12.0 Å². The molecule has 0 saturated heterocycles. The molecule has 0 unspecified atom stereocenters. The third-order valence-corrected chi connectivity index (χ3v) is 6.69. The molecule has 0 fully saturated rings. The first-order chi connectivity index (χ1) is 16.0. The van der Waals surface area contributed by atoms with Crippen molar-refractivity contribution in [3.8, 4) is 0 Å². The van der Waals surface area contributed by atoms with Gasteiger partial charge in [0, 0.05) is 23.2 Å². The number of benzene rings is 2. The van der Waals surface area contributed by atoms with Gasteiger partial charge < -0.3 is 9.64 Å². The minimum Gasteiger partial charge on any atom is -0.469 e. The summed E-state index contributed by atoms with van der Waals surface area (Å²) in [5.74, 6) is -0.720. The topological polar surface area (TPSA) is 58.6 Å². The molecule has 1 amide bonds. The number of carbonyl (C=O) groups excluding carboxylic acids is 2. The van der Waals surface area contributed by atoms with Crippen molar-refractivity contribution >= 4 is 23.5 Å². The van der Waals surface area contributed by atoms with E-state index in [2.05, 4.69) is 5.32 Å². The smallest absolute Gasteiger partial charge is 0.307 e. The summed E-state index contributed by atoms with van der Waals surface area (Å²) in [5.41, 5.74) is 3.71. The van der Waals surface area contributed by atoms with E-state index in [1.807, 2.05) is 29.2 Å². The van der Waals surface area contributed by atoms with Crippen LogP contribution in [0, 0.1) is 5.82 Å². The second-order valence-corrected chi connectivity index (χ2v) is 8.98. The van der Waals surface area contributed by atoms with Crippen molar-refractivity contribution in [2.45, 2.75) is 50.7 Å². The minimum atomic E-state index is -0.488. The summed E-state index contributed by atoms with van der Waals surface area (Å²) in [4.78, 5) is 27.3. The zero-order valence-electron chi connectivity index (χ0n) is 18.7. The van der Waals surface area contributed by atoms with Crippen LogP contribution in [0.1, 0.15) is 49.3 Å². The van der Waals surface area contributed by atoms with Crippen molar-refractivity contribution in [3.63, 3.8) is 0 Å². The van der Waals surface area contributed by atoms with E-state index in [9.17, 15) is 14.0 Å². The third-order valence-electron chi connectivity index (χ3n) is 6.43. The van der Waals surface area contributed by atoms with E-state index in [0.717, 1.165) is 42.4 Å². The predicted octanol–water partition coefficient (Wildman–Crippen LogP) is 4.95. The van der Waals surface area contributed by atoms with E-state index in [1.54, 1.807) is 12.1 Å². The molecule has 174 valence electrons. The number of carbonyl (C=O) groups is 2. The van der Waals surface area contributed by atoms with Crippen LogP contribution < -0.4 is 5.32 Å². The molecular weight excluding hydrogens is 443 g/mol. The van der Waals surface area contributed by atoms with Crippen molar-refractivity contribution in [2.24, 2.45) is 0 Å². The molecule has 2 atom stereocenters. The van der Waals surface area contributed by atoms with E-state index in [-0.39, 0.29) is 24.3 Å². The lowest BCUT2D eigenvalue weighted by Crippen LogP contribution is -2.48. The number of rotatable bonds is 8. The number of nitrogens with one attached hydrogen (secondary N) is 1. The Morgan fingerprint density at radius 2 is 1.97 bits per heavy atom. The Morgan fingerprint density at radius 3 is 2.70 bits per heavy atom. The lowest BCUT2D eigenvalue weighted by Gasteiger charge is -2.32. The quantitative estimate of drug-likeness (QED) is 0.554. The van der Waals surface area contributed by atoms with Crippen molar-refractivity contribution in [2.75, 3.05) is 13.7 Å². The molecule has 2 aromatic rings. The number of amides is 1. The first kappa shape index (κ1) is 23.5. The minimum absolute atomic E-state index is 0.0400. The maximum absolute atomic E-state index is 14.0. The van der Waals surface area contributed by atoms with Gasteiger partial charge in [-0.15, -0.1) is 0 Å². The van der Waals surface area contributed by atoms with Crippen LogP contribution in [0.2, 0.25) is 5.02 Å². The average molecular weight is 471 g/mol. The maximum Gasteiger partial charge on any atom is 0.307 e. The highest BCUT2D eigenvalue weighted by molar-refractivity contribution is 6.30. The Kier molecular flexibility index (Phi) is 7.46. The number of nitrogens with zero attached hydrogens (tertiary/aromatic N) is 1. The van der Waals surface area contributed by atoms with Crippen LogP contribution in [0.3, 0.4) is 0 Å². The van der Waals surface area contributed by atoms with Gasteiger partial charge in [-0.3, -0.25) is 14.9 Å². The lowest BCUT2D eigenvalue weighted by atomic mass is 9.92. The number of halogens is 2. The summed E-state index contributed by atoms with van der Waals surface area (Å²) >= 11 is 6.00. The number of methoxy groups -OCH3 is 1. The standard InChI is InChI=1S/C26H28ClFN2O3/c1-33-24(31)16-23(18-5-4-6-20(28)15-18)29-25-21-7-2-3-8-22(21)26(32)30(25)14-13-17-9-11-19(27)12-10-17/h4-6,9-12,15,23,25,29H,2-3,7-8,13-14,16H2,1H3/t23-,25-/m1/s1. The van der Waals surface area contributed by atoms with Gasteiger partial charge in [-0.25, -0.2) is 4.39 Å². The fourth-order valence-corrected chi connectivity index (χ4v) is 4.84. The zero-order chi connectivity index (χ0) is 23.4. The Bertz CT molecular complexity index is 1050. The van der Waals surface area contributed by atoms with Gasteiger partial charge in [0.25, 0.3) is 5.91 Å². The van der Waals surface area contributed by atoms with E-state index in [4.69, 9.17) is 16.3 Å². The van der Waals surface area contributed by atoms with Crippen LogP contribution in [0.15, 0.2) is 59.7 Å². The zero-order valence-corrected chi connectivity index (χ0v) is 19.4. The molecule has 1 aliphatic heterocycles. The largest absolute Gasteiger partial charge is 0.469 e. The highest BCUT2D eigenvalue weighted by Crippen LogP contribution is 2.37. The van der Waals surface area contributed by atoms with Crippen LogP contribution >= 0.6 is 11.6 Å². The van der Waals surface area contributed by atoms with Gasteiger partial charge in [0.2, 0.25) is 0 Å². The molecule has 0 saturated carbocycles. The number of hydrogen-bond acceptors (Lipinski definition) is 4. The monoisotopic (exact) mass is 470 g/mol. The number of hydrogen-bond donors (Lipinski definition) is 1. The van der Waals surface area contributed by atoms with E-state index in [0.29, 0.717) is 23.6 Å². The van der Waals surface area contributed by atoms with Gasteiger partial charge in [-0.1, -0.05) is 35.9 Å². The molecule has 33 heavy (non-hydrogen) atoms. The Morgan fingerprint density at radius 1 is 1.21 bits per heavy atom. The van der Waals surface area contributed by atoms with Gasteiger partial charge >= 0.3 is 5.97 Å². The Hall–Kier alpha value is -2.70. The molecule has 2 aliphatic rings. The summed E-state index contributed by atoms with van der Waals surface area (Å²) in [7, 11) is 1.34. The lowest BCUT2D eigenvalue weighted by molar-refractivity contribution is -0.141. The van der Waals surface area contributed by atoms with Crippen LogP contribution in [0.4, 0.5) is 4.39 Å². The Labute approximate surface area is 198 Å². The third kappa shape index (κ3) is 5.45. The first-order valence-electron chi connectivity index (χ1n) is 11.3. The summed E-state index contributed by atoms with van der Waals surface area (Å²) in [6, 6.07) is 13.3. The van der Waals surface area contributed by atoms with E-state index >= 15 is 0 Å². The summed E-state index contributed by atoms with van der Waals surface area (Å²) in [6.07, 6.45) is 4.02. The van der Waals surface area contributed by atoms with E-state index < -0.39 is 12.0 Å². The van der Waals surface area contributed by atoms with Gasteiger partial charge in [-0.2, -0.15) is 0 Å². The molecule has 4 rings (SSSR count). The SMILES string of the molecule is COC(=O)C[C@@H](N[C@H]1C2=C(CCCC2)C(=O)N1CCc1ccc(Cl)cc1)c1cccc(F)c1. The van der Waals surface area contributed by atoms with Crippen LogP contribution in [0.5, 0.6) is 0 Å². The maximum atomic E-state index is 14.0. The fraction of sp³-hybridized carbons (Fsp3) is 0.385.